The van der Waals surface area contributed by atoms with E-state index in [2.05, 4.69) is 5.32 Å². The van der Waals surface area contributed by atoms with Crippen molar-refractivity contribution in [2.24, 2.45) is 5.73 Å². The van der Waals surface area contributed by atoms with Gasteiger partial charge in [0.2, 0.25) is 5.91 Å². The van der Waals surface area contributed by atoms with Crippen molar-refractivity contribution >= 4 is 5.91 Å². The molecular weight excluding hydrogens is 204 g/mol. The van der Waals surface area contributed by atoms with Gasteiger partial charge in [0.1, 0.15) is 11.3 Å². The number of hydrogen-bond donors (Lipinski definition) is 3. The molecule has 0 heterocycles. The molecule has 4 nitrogen and oxygen atoms in total. The zero-order chi connectivity index (χ0) is 12.2. The fourth-order valence-electron chi connectivity index (χ4n) is 1.52. The quantitative estimate of drug-likeness (QED) is 0.698. The van der Waals surface area contributed by atoms with Crippen LogP contribution in [0.15, 0.2) is 24.3 Å². The summed E-state index contributed by atoms with van der Waals surface area (Å²) in [4.78, 5) is 11.5. The molecule has 16 heavy (non-hydrogen) atoms. The zero-order valence-electron chi connectivity index (χ0n) is 9.66. The Kier molecular flexibility index (Phi) is 3.90. The highest BCUT2D eigenvalue weighted by Crippen LogP contribution is 2.23. The minimum absolute atomic E-state index is 0.128. The van der Waals surface area contributed by atoms with Gasteiger partial charge in [-0.3, -0.25) is 10.1 Å². The van der Waals surface area contributed by atoms with E-state index in [1.54, 1.807) is 31.2 Å². The predicted octanol–water partition coefficient (Wildman–Crippen LogP) is 1.09. The molecule has 1 rings (SSSR count). The molecular formula is C12H18N2O2. The smallest absolute Gasteiger partial charge is 0.242 e. The van der Waals surface area contributed by atoms with Gasteiger partial charge >= 0.3 is 0 Å². The predicted molar refractivity (Wildman–Crippen MR) is 62.9 cm³/mol. The molecule has 0 aliphatic heterocycles. The first-order chi connectivity index (χ1) is 7.50. The van der Waals surface area contributed by atoms with Gasteiger partial charge in [-0.1, -0.05) is 19.1 Å². The van der Waals surface area contributed by atoms with Crippen molar-refractivity contribution in [1.82, 2.24) is 5.32 Å². The molecule has 0 saturated carbocycles. The Morgan fingerprint density at radius 1 is 1.56 bits per heavy atom. The van der Waals surface area contributed by atoms with Crippen molar-refractivity contribution in [1.29, 1.82) is 0 Å². The Labute approximate surface area is 95.5 Å². The second-order valence-electron chi connectivity index (χ2n) is 3.97. The monoisotopic (exact) mass is 222 g/mol. The molecule has 88 valence electrons. The Morgan fingerprint density at radius 2 is 2.25 bits per heavy atom. The van der Waals surface area contributed by atoms with Crippen LogP contribution in [0.5, 0.6) is 5.75 Å². The number of carbonyl (C=O) groups is 1. The fraction of sp³-hybridized carbons (Fsp3) is 0.417. The van der Waals surface area contributed by atoms with Gasteiger partial charge in [0.25, 0.3) is 0 Å². The Hall–Kier alpha value is -1.55. The second-order valence-corrected chi connectivity index (χ2v) is 3.97. The first-order valence-electron chi connectivity index (χ1n) is 5.35. The molecule has 1 aromatic rings. The van der Waals surface area contributed by atoms with Crippen LogP contribution in [0.25, 0.3) is 0 Å². The van der Waals surface area contributed by atoms with Crippen LogP contribution in [0.2, 0.25) is 0 Å². The number of carbonyl (C=O) groups excluding carboxylic acids is 1. The molecule has 0 aliphatic carbocycles. The van der Waals surface area contributed by atoms with Crippen molar-refractivity contribution in [2.45, 2.75) is 25.8 Å². The van der Waals surface area contributed by atoms with Gasteiger partial charge in [-0.15, -0.1) is 0 Å². The van der Waals surface area contributed by atoms with E-state index in [-0.39, 0.29) is 5.75 Å². The molecule has 0 fully saturated rings. The van der Waals surface area contributed by atoms with Crippen LogP contribution < -0.4 is 11.1 Å². The SMILES string of the molecule is CCCNC(C)(C(N)=O)c1cccc(O)c1. The lowest BCUT2D eigenvalue weighted by Gasteiger charge is -2.28. The van der Waals surface area contributed by atoms with Gasteiger partial charge in [-0.25, -0.2) is 0 Å². The minimum atomic E-state index is -0.936. The van der Waals surface area contributed by atoms with E-state index in [1.807, 2.05) is 6.92 Å². The lowest BCUT2D eigenvalue weighted by molar-refractivity contribution is -0.124. The molecule has 0 spiro atoms. The zero-order valence-corrected chi connectivity index (χ0v) is 9.66. The summed E-state index contributed by atoms with van der Waals surface area (Å²) in [6, 6.07) is 6.57. The number of amides is 1. The third kappa shape index (κ3) is 2.52. The van der Waals surface area contributed by atoms with E-state index in [0.29, 0.717) is 12.1 Å². The number of aromatic hydroxyl groups is 1. The fourth-order valence-corrected chi connectivity index (χ4v) is 1.52. The highest BCUT2D eigenvalue weighted by molar-refractivity contribution is 5.85. The maximum Gasteiger partial charge on any atom is 0.242 e. The summed E-state index contributed by atoms with van der Waals surface area (Å²) < 4.78 is 0. The number of nitrogens with one attached hydrogen (secondary N) is 1. The van der Waals surface area contributed by atoms with Crippen LogP contribution in [0, 0.1) is 0 Å². The largest absolute Gasteiger partial charge is 0.508 e. The summed E-state index contributed by atoms with van der Waals surface area (Å²) in [5, 5.41) is 12.5. The third-order valence-electron chi connectivity index (χ3n) is 2.64. The lowest BCUT2D eigenvalue weighted by atomic mass is 9.91. The summed E-state index contributed by atoms with van der Waals surface area (Å²) in [5.41, 5.74) is 5.15. The molecule has 0 saturated heterocycles. The van der Waals surface area contributed by atoms with Gasteiger partial charge in [-0.2, -0.15) is 0 Å². The van der Waals surface area contributed by atoms with Crippen molar-refractivity contribution in [2.75, 3.05) is 6.54 Å². The molecule has 0 bridgehead atoms. The van der Waals surface area contributed by atoms with E-state index in [4.69, 9.17) is 5.73 Å². The van der Waals surface area contributed by atoms with Gasteiger partial charge < -0.3 is 10.8 Å². The van der Waals surface area contributed by atoms with E-state index in [1.165, 1.54) is 0 Å². The number of primary amides is 1. The highest BCUT2D eigenvalue weighted by atomic mass is 16.3. The normalized spacial score (nSPS) is 14.4. The maximum absolute atomic E-state index is 11.5. The maximum atomic E-state index is 11.5. The van der Waals surface area contributed by atoms with Crippen LogP contribution in [-0.2, 0) is 10.3 Å². The van der Waals surface area contributed by atoms with Crippen LogP contribution in [0.3, 0.4) is 0 Å². The Morgan fingerprint density at radius 3 is 2.75 bits per heavy atom. The average Bonchev–Trinajstić information content (AvgIpc) is 2.25. The molecule has 0 radical (unpaired) electrons. The van der Waals surface area contributed by atoms with E-state index < -0.39 is 11.4 Å². The van der Waals surface area contributed by atoms with Crippen LogP contribution >= 0.6 is 0 Å². The molecule has 4 N–H and O–H groups in total. The Bertz CT molecular complexity index is 379. The number of hydrogen-bond acceptors (Lipinski definition) is 3. The molecule has 4 heteroatoms. The highest BCUT2D eigenvalue weighted by Gasteiger charge is 2.32. The summed E-state index contributed by atoms with van der Waals surface area (Å²) in [5.74, 6) is -0.324. The van der Waals surface area contributed by atoms with Crippen molar-refractivity contribution < 1.29 is 9.90 Å². The number of benzene rings is 1. The van der Waals surface area contributed by atoms with Gasteiger partial charge in [-0.05, 0) is 37.6 Å². The average molecular weight is 222 g/mol. The van der Waals surface area contributed by atoms with Crippen LogP contribution in [0.1, 0.15) is 25.8 Å². The van der Waals surface area contributed by atoms with Crippen molar-refractivity contribution in [3.8, 4) is 5.75 Å². The standard InChI is InChI=1S/C12H18N2O2/c1-3-7-14-12(2,11(13)16)9-5-4-6-10(15)8-9/h4-6,8,14-15H,3,7H2,1-2H3,(H2,13,16). The summed E-state index contributed by atoms with van der Waals surface area (Å²) >= 11 is 0. The second kappa shape index (κ2) is 4.99. The Balaban J connectivity index is 3.06. The van der Waals surface area contributed by atoms with Gasteiger partial charge in [0.05, 0.1) is 0 Å². The molecule has 0 aliphatic rings. The number of phenolic OH excluding ortho intramolecular Hbond substituents is 1. The number of rotatable bonds is 5. The minimum Gasteiger partial charge on any atom is -0.508 e. The van der Waals surface area contributed by atoms with Gasteiger partial charge in [0, 0.05) is 0 Å². The first-order valence-corrected chi connectivity index (χ1v) is 5.35. The third-order valence-corrected chi connectivity index (χ3v) is 2.64. The van der Waals surface area contributed by atoms with Crippen molar-refractivity contribution in [3.63, 3.8) is 0 Å². The van der Waals surface area contributed by atoms with Crippen molar-refractivity contribution in [3.05, 3.63) is 29.8 Å². The van der Waals surface area contributed by atoms with E-state index >= 15 is 0 Å². The van der Waals surface area contributed by atoms with Crippen LogP contribution in [-0.4, -0.2) is 17.6 Å². The topological polar surface area (TPSA) is 75.3 Å². The number of phenols is 1. The molecule has 1 unspecified atom stereocenters. The summed E-state index contributed by atoms with van der Waals surface area (Å²) in [7, 11) is 0. The molecule has 0 aromatic heterocycles. The van der Waals surface area contributed by atoms with Gasteiger partial charge in [0.15, 0.2) is 0 Å². The summed E-state index contributed by atoms with van der Waals surface area (Å²) in [6.45, 7) is 4.42. The van der Waals surface area contributed by atoms with E-state index in [9.17, 15) is 9.90 Å². The lowest BCUT2D eigenvalue weighted by Crippen LogP contribution is -2.50. The van der Waals surface area contributed by atoms with E-state index in [0.717, 1.165) is 6.42 Å². The summed E-state index contributed by atoms with van der Waals surface area (Å²) in [6.07, 6.45) is 0.904. The molecule has 1 aromatic carbocycles. The van der Waals surface area contributed by atoms with Crippen LogP contribution in [0.4, 0.5) is 0 Å². The molecule has 1 atom stereocenters. The molecule has 1 amide bonds. The first kappa shape index (κ1) is 12.5. The number of nitrogens with two attached hydrogens (primary N) is 1.